The Labute approximate surface area is 242 Å². The van der Waals surface area contributed by atoms with Crippen molar-refractivity contribution < 1.29 is 19.4 Å². The quantitative estimate of drug-likeness (QED) is 0.146. The minimum absolute atomic E-state index is 0.0764. The lowest BCUT2D eigenvalue weighted by Crippen LogP contribution is -2.33. The third-order valence-electron chi connectivity index (χ3n) is 6.43. The van der Waals surface area contributed by atoms with Crippen molar-refractivity contribution in [1.29, 1.82) is 0 Å². The number of halogens is 1. The summed E-state index contributed by atoms with van der Waals surface area (Å²) in [6.07, 6.45) is 1.53. The summed E-state index contributed by atoms with van der Waals surface area (Å²) in [4.78, 5) is 25.4. The third-order valence-corrected chi connectivity index (χ3v) is 6.73. The van der Waals surface area contributed by atoms with E-state index in [2.05, 4.69) is 15.8 Å². The summed E-state index contributed by atoms with van der Waals surface area (Å²) in [7, 11) is 0. The Morgan fingerprint density at radius 1 is 0.829 bits per heavy atom. The molecule has 0 bridgehead atoms. The Morgan fingerprint density at radius 3 is 2.12 bits per heavy atom. The smallest absolute Gasteiger partial charge is 0.271 e. The monoisotopic (exact) mass is 563 g/mol. The van der Waals surface area contributed by atoms with E-state index >= 15 is 0 Å². The van der Waals surface area contributed by atoms with E-state index < -0.39 is 5.91 Å². The van der Waals surface area contributed by atoms with Crippen LogP contribution < -0.4 is 15.5 Å². The zero-order valence-corrected chi connectivity index (χ0v) is 22.6. The van der Waals surface area contributed by atoms with E-state index in [4.69, 9.17) is 16.3 Å². The van der Waals surface area contributed by atoms with Crippen molar-refractivity contribution in [3.8, 4) is 11.5 Å². The molecule has 3 N–H and O–H groups in total. The van der Waals surface area contributed by atoms with Crippen LogP contribution in [0.3, 0.4) is 0 Å². The van der Waals surface area contributed by atoms with Crippen LogP contribution in [-0.4, -0.2) is 29.7 Å². The van der Waals surface area contributed by atoms with E-state index in [-0.39, 0.29) is 34.9 Å². The number of nitrogens with zero attached hydrogens (tertiary/aromatic N) is 1. The maximum atomic E-state index is 13.0. The van der Waals surface area contributed by atoms with Gasteiger partial charge in [-0.1, -0.05) is 96.5 Å². The molecule has 2 amide bonds. The van der Waals surface area contributed by atoms with Gasteiger partial charge in [0.05, 0.1) is 17.3 Å². The molecule has 41 heavy (non-hydrogen) atoms. The highest BCUT2D eigenvalue weighted by molar-refractivity contribution is 6.32. The van der Waals surface area contributed by atoms with Gasteiger partial charge in [0.15, 0.2) is 6.61 Å². The van der Waals surface area contributed by atoms with Crippen molar-refractivity contribution in [1.82, 2.24) is 10.7 Å². The number of phenols is 1. The lowest BCUT2D eigenvalue weighted by Gasteiger charge is -2.20. The van der Waals surface area contributed by atoms with Gasteiger partial charge in [-0.3, -0.25) is 9.59 Å². The van der Waals surface area contributed by atoms with Crippen molar-refractivity contribution in [2.75, 3.05) is 6.61 Å². The summed E-state index contributed by atoms with van der Waals surface area (Å²) >= 11 is 5.89. The Balaban J connectivity index is 1.28. The largest absolute Gasteiger partial charge is 0.506 e. The number of hydrogen-bond donors (Lipinski definition) is 3. The zero-order valence-electron chi connectivity index (χ0n) is 21.8. The minimum Gasteiger partial charge on any atom is -0.506 e. The molecule has 0 aliphatic rings. The summed E-state index contributed by atoms with van der Waals surface area (Å²) in [5.41, 5.74) is 5.42. The molecular formula is C33H26ClN3O4. The van der Waals surface area contributed by atoms with Crippen LogP contribution in [0.1, 0.15) is 33.1 Å². The van der Waals surface area contributed by atoms with Crippen LogP contribution in [0.15, 0.2) is 120 Å². The first kappa shape index (κ1) is 27.4. The molecule has 0 fully saturated rings. The molecule has 0 radical (unpaired) electrons. The van der Waals surface area contributed by atoms with Gasteiger partial charge in [0.1, 0.15) is 11.5 Å². The molecule has 5 aromatic carbocycles. The molecule has 0 saturated heterocycles. The van der Waals surface area contributed by atoms with Crippen molar-refractivity contribution in [3.05, 3.63) is 143 Å². The van der Waals surface area contributed by atoms with Gasteiger partial charge in [-0.05, 0) is 46.8 Å². The number of fused-ring (bicyclic) bond motifs is 1. The second-order valence-electron chi connectivity index (χ2n) is 9.17. The zero-order chi connectivity index (χ0) is 28.6. The lowest BCUT2D eigenvalue weighted by atomic mass is 9.99. The predicted molar refractivity (Wildman–Crippen MR) is 160 cm³/mol. The highest BCUT2D eigenvalue weighted by atomic mass is 35.5. The number of aromatic hydroxyl groups is 1. The molecule has 204 valence electrons. The number of phenolic OH excluding ortho intramolecular Hbond substituents is 1. The fraction of sp³-hybridized carbons (Fsp3) is 0.0606. The highest BCUT2D eigenvalue weighted by Gasteiger charge is 2.17. The van der Waals surface area contributed by atoms with Crippen molar-refractivity contribution in [2.45, 2.75) is 6.04 Å². The molecule has 0 aliphatic carbocycles. The van der Waals surface area contributed by atoms with Crippen LogP contribution in [-0.2, 0) is 4.79 Å². The normalized spacial score (nSPS) is 11.1. The topological polar surface area (TPSA) is 100 Å². The molecule has 0 saturated carbocycles. The second kappa shape index (κ2) is 12.8. The van der Waals surface area contributed by atoms with Gasteiger partial charge < -0.3 is 15.2 Å². The number of carbonyl (C=O) groups excluding carboxylic acids is 2. The average Bonchev–Trinajstić information content (AvgIpc) is 3.01. The number of nitrogens with one attached hydrogen (secondary N) is 2. The number of rotatable bonds is 9. The van der Waals surface area contributed by atoms with Crippen LogP contribution in [0.25, 0.3) is 10.8 Å². The number of hydrogen-bond acceptors (Lipinski definition) is 5. The molecule has 0 heterocycles. The Hall–Kier alpha value is -5.14. The SMILES string of the molecule is O=C(COc1ccc(C=NNC(=O)c2ccc(O)c(Cl)c2)c2ccccc12)NC(c1ccccc1)c1ccccc1. The van der Waals surface area contributed by atoms with Crippen molar-refractivity contribution >= 4 is 40.4 Å². The fourth-order valence-electron chi connectivity index (χ4n) is 4.40. The standard InChI is InChI=1S/C33H26ClN3O4/c34-28-19-24(15-17-29(28)38)33(40)37-35-20-25-16-18-30(27-14-8-7-13-26(25)27)41-21-31(39)36-32(22-9-3-1-4-10-22)23-11-5-2-6-12-23/h1-20,32,38H,21H2,(H,36,39)(H,37,40). The summed E-state index contributed by atoms with van der Waals surface area (Å²) in [6.45, 7) is -0.168. The highest BCUT2D eigenvalue weighted by Crippen LogP contribution is 2.28. The maximum Gasteiger partial charge on any atom is 0.271 e. The molecule has 0 aromatic heterocycles. The molecule has 7 nitrogen and oxygen atoms in total. The van der Waals surface area contributed by atoms with Gasteiger partial charge in [0.25, 0.3) is 11.8 Å². The Kier molecular flexibility index (Phi) is 8.57. The summed E-state index contributed by atoms with van der Waals surface area (Å²) in [5.74, 6) is -0.283. The predicted octanol–water partition coefficient (Wildman–Crippen LogP) is 6.25. The summed E-state index contributed by atoms with van der Waals surface area (Å²) < 4.78 is 5.97. The first-order valence-corrected chi connectivity index (χ1v) is 13.2. The molecule has 0 unspecified atom stereocenters. The molecule has 0 atom stereocenters. The third kappa shape index (κ3) is 6.72. The van der Waals surface area contributed by atoms with Gasteiger partial charge in [-0.15, -0.1) is 0 Å². The minimum atomic E-state index is -0.470. The van der Waals surface area contributed by atoms with E-state index in [0.717, 1.165) is 27.5 Å². The lowest BCUT2D eigenvalue weighted by molar-refractivity contribution is -0.123. The first-order valence-electron chi connectivity index (χ1n) is 12.9. The number of ether oxygens (including phenoxy) is 1. The average molecular weight is 564 g/mol. The van der Waals surface area contributed by atoms with E-state index in [1.807, 2.05) is 84.9 Å². The maximum absolute atomic E-state index is 13.0. The van der Waals surface area contributed by atoms with E-state index in [1.165, 1.54) is 24.4 Å². The number of carbonyl (C=O) groups is 2. The van der Waals surface area contributed by atoms with Gasteiger partial charge in [-0.25, -0.2) is 5.43 Å². The van der Waals surface area contributed by atoms with Crippen LogP contribution in [0.5, 0.6) is 11.5 Å². The van der Waals surface area contributed by atoms with E-state index in [0.29, 0.717) is 5.75 Å². The summed E-state index contributed by atoms with van der Waals surface area (Å²) in [5, 5.41) is 18.4. The van der Waals surface area contributed by atoms with Crippen LogP contribution in [0, 0.1) is 0 Å². The Bertz CT molecular complexity index is 1670. The number of benzene rings is 5. The summed E-state index contributed by atoms with van der Waals surface area (Å²) in [6, 6.07) is 34.6. The Morgan fingerprint density at radius 2 is 1.46 bits per heavy atom. The van der Waals surface area contributed by atoms with Crippen molar-refractivity contribution in [2.24, 2.45) is 5.10 Å². The molecular weight excluding hydrogens is 538 g/mol. The molecule has 8 heteroatoms. The fourth-order valence-corrected chi connectivity index (χ4v) is 4.58. The van der Waals surface area contributed by atoms with Gasteiger partial charge in [0.2, 0.25) is 0 Å². The van der Waals surface area contributed by atoms with Gasteiger partial charge in [-0.2, -0.15) is 5.10 Å². The van der Waals surface area contributed by atoms with Crippen LogP contribution in [0.4, 0.5) is 0 Å². The molecule has 0 aliphatic heterocycles. The van der Waals surface area contributed by atoms with Gasteiger partial charge in [0, 0.05) is 16.5 Å². The van der Waals surface area contributed by atoms with E-state index in [9.17, 15) is 14.7 Å². The van der Waals surface area contributed by atoms with Gasteiger partial charge >= 0.3 is 0 Å². The van der Waals surface area contributed by atoms with E-state index in [1.54, 1.807) is 12.1 Å². The second-order valence-corrected chi connectivity index (χ2v) is 9.58. The first-order chi connectivity index (χ1) is 20.0. The number of hydrazone groups is 1. The molecule has 5 rings (SSSR count). The van der Waals surface area contributed by atoms with Crippen molar-refractivity contribution in [3.63, 3.8) is 0 Å². The van der Waals surface area contributed by atoms with Crippen LogP contribution >= 0.6 is 11.6 Å². The molecule has 5 aromatic rings. The molecule has 0 spiro atoms. The number of amides is 2. The van der Waals surface area contributed by atoms with Crippen LogP contribution in [0.2, 0.25) is 5.02 Å².